The van der Waals surface area contributed by atoms with Crippen molar-refractivity contribution in [2.45, 2.75) is 6.92 Å². The van der Waals surface area contributed by atoms with Crippen molar-refractivity contribution >= 4 is 27.1 Å². The maximum Gasteiger partial charge on any atom is 2.00 e. The monoisotopic (exact) mass is 400 g/mol. The number of hydrogen-bond acceptors (Lipinski definition) is 1. The molecule has 2 heteroatoms. The quantitative estimate of drug-likeness (QED) is 0.337. The van der Waals surface area contributed by atoms with Crippen molar-refractivity contribution in [3.63, 3.8) is 0 Å². The zero-order valence-electron chi connectivity index (χ0n) is 14.1. The molecule has 0 saturated heterocycles. The van der Waals surface area contributed by atoms with Gasteiger partial charge in [0.15, 0.2) is 0 Å². The van der Waals surface area contributed by atoms with E-state index in [9.17, 15) is 0 Å². The van der Waals surface area contributed by atoms with Crippen LogP contribution in [0.1, 0.15) is 12.5 Å². The zero-order chi connectivity index (χ0) is 16.4. The first-order valence-electron chi connectivity index (χ1n) is 8.19. The van der Waals surface area contributed by atoms with Crippen LogP contribution in [0.2, 0.25) is 0 Å². The third-order valence-corrected chi connectivity index (χ3v) is 4.29. The number of benzene rings is 2. The molecule has 1 aromatic heterocycles. The maximum absolute atomic E-state index is 4.97. The molecule has 1 aliphatic rings. The van der Waals surface area contributed by atoms with Crippen molar-refractivity contribution in [3.8, 4) is 0 Å². The van der Waals surface area contributed by atoms with E-state index in [-0.39, 0.29) is 26.2 Å². The van der Waals surface area contributed by atoms with Gasteiger partial charge in [-0.3, -0.25) is 0 Å². The van der Waals surface area contributed by atoms with Crippen LogP contribution in [0.3, 0.4) is 0 Å². The van der Waals surface area contributed by atoms with Gasteiger partial charge in [-0.15, -0.1) is 45.8 Å². The van der Waals surface area contributed by atoms with Gasteiger partial charge in [-0.25, -0.2) is 0 Å². The molecule has 0 spiro atoms. The SMILES string of the molecule is CC1[C-]=C(c2ccoc2)C=C1.[Zr+2].c1ccc2c(c1)[cH-]c1ccccc12. The normalized spacial score (nSPS) is 15.6. The van der Waals surface area contributed by atoms with Gasteiger partial charge < -0.3 is 4.42 Å². The second-order valence-electron chi connectivity index (χ2n) is 6.04. The van der Waals surface area contributed by atoms with Crippen LogP contribution < -0.4 is 0 Å². The molecule has 0 N–H and O–H groups in total. The first-order valence-corrected chi connectivity index (χ1v) is 8.19. The van der Waals surface area contributed by atoms with E-state index in [4.69, 9.17) is 4.42 Å². The molecule has 25 heavy (non-hydrogen) atoms. The molecule has 1 unspecified atom stereocenters. The Morgan fingerprint density at radius 3 is 2.08 bits per heavy atom. The van der Waals surface area contributed by atoms with E-state index in [1.54, 1.807) is 12.5 Å². The summed E-state index contributed by atoms with van der Waals surface area (Å²) in [5.41, 5.74) is 2.26. The summed E-state index contributed by atoms with van der Waals surface area (Å²) >= 11 is 0. The van der Waals surface area contributed by atoms with E-state index in [0.29, 0.717) is 5.92 Å². The van der Waals surface area contributed by atoms with Crippen LogP contribution in [0.5, 0.6) is 0 Å². The smallest absolute Gasteiger partial charge is 0.486 e. The van der Waals surface area contributed by atoms with Crippen LogP contribution in [-0.2, 0) is 26.2 Å². The number of furan rings is 1. The van der Waals surface area contributed by atoms with Crippen LogP contribution in [0, 0.1) is 12.0 Å². The summed E-state index contributed by atoms with van der Waals surface area (Å²) in [5.74, 6) is 0.444. The average molecular weight is 402 g/mol. The molecule has 120 valence electrons. The topological polar surface area (TPSA) is 13.1 Å². The minimum Gasteiger partial charge on any atom is -0.486 e. The second kappa shape index (κ2) is 7.89. The molecule has 1 aliphatic carbocycles. The summed E-state index contributed by atoms with van der Waals surface area (Å²) in [4.78, 5) is 0. The van der Waals surface area contributed by atoms with Crippen molar-refractivity contribution in [2.75, 3.05) is 0 Å². The molecule has 0 aliphatic heterocycles. The number of fused-ring (bicyclic) bond motifs is 3. The van der Waals surface area contributed by atoms with E-state index in [2.05, 4.69) is 79.7 Å². The molecule has 0 bridgehead atoms. The Balaban J connectivity index is 0.000000142. The average Bonchev–Trinajstić information content (AvgIpc) is 3.34. The van der Waals surface area contributed by atoms with Crippen molar-refractivity contribution in [3.05, 3.63) is 97.0 Å². The van der Waals surface area contributed by atoms with Gasteiger partial charge in [0.05, 0.1) is 6.26 Å². The number of rotatable bonds is 1. The molecule has 3 aromatic carbocycles. The molecule has 0 fully saturated rings. The second-order valence-corrected chi connectivity index (χ2v) is 6.04. The minimum atomic E-state index is 0. The van der Waals surface area contributed by atoms with Gasteiger partial charge in [-0.05, 0) is 0 Å². The third-order valence-electron chi connectivity index (χ3n) is 4.29. The fraction of sp³-hybridized carbons (Fsp3) is 0.0870. The summed E-state index contributed by atoms with van der Waals surface area (Å²) < 4.78 is 4.97. The summed E-state index contributed by atoms with van der Waals surface area (Å²) in [7, 11) is 0. The van der Waals surface area contributed by atoms with Gasteiger partial charge >= 0.3 is 26.2 Å². The molecule has 0 amide bonds. The Kier molecular flexibility index (Phi) is 5.61. The van der Waals surface area contributed by atoms with Crippen LogP contribution >= 0.6 is 0 Å². The molecule has 0 radical (unpaired) electrons. The molecule has 1 atom stereocenters. The van der Waals surface area contributed by atoms with Crippen molar-refractivity contribution in [2.24, 2.45) is 5.92 Å². The Morgan fingerprint density at radius 1 is 0.920 bits per heavy atom. The van der Waals surface area contributed by atoms with Crippen LogP contribution in [0.25, 0.3) is 27.1 Å². The first kappa shape index (κ1) is 17.8. The molecule has 4 aromatic rings. The first-order chi connectivity index (χ1) is 11.8. The summed E-state index contributed by atoms with van der Waals surface area (Å²) in [6.07, 6.45) is 10.9. The number of allylic oxidation sites excluding steroid dienone is 4. The molecular formula is C23H18OZr. The Morgan fingerprint density at radius 2 is 1.56 bits per heavy atom. The maximum atomic E-state index is 4.97. The van der Waals surface area contributed by atoms with Gasteiger partial charge in [0.2, 0.25) is 0 Å². The fourth-order valence-corrected chi connectivity index (χ4v) is 3.08. The third kappa shape index (κ3) is 3.80. The zero-order valence-corrected chi connectivity index (χ0v) is 16.5. The van der Waals surface area contributed by atoms with Crippen molar-refractivity contribution in [1.29, 1.82) is 0 Å². The summed E-state index contributed by atoms with van der Waals surface area (Å²) in [6, 6.07) is 21.2. The van der Waals surface area contributed by atoms with Gasteiger partial charge in [-0.1, -0.05) is 60.9 Å². The largest absolute Gasteiger partial charge is 2.00 e. The van der Waals surface area contributed by atoms with E-state index in [0.717, 1.165) is 11.1 Å². The van der Waals surface area contributed by atoms with Gasteiger partial charge in [-0.2, -0.15) is 17.7 Å². The van der Waals surface area contributed by atoms with E-state index < -0.39 is 0 Å². The van der Waals surface area contributed by atoms with E-state index in [1.807, 2.05) is 6.07 Å². The Bertz CT molecular complexity index is 968. The van der Waals surface area contributed by atoms with Gasteiger partial charge in [0.25, 0.3) is 0 Å². The molecule has 0 saturated carbocycles. The van der Waals surface area contributed by atoms with Gasteiger partial charge in [0, 0.05) is 6.26 Å². The van der Waals surface area contributed by atoms with Crippen LogP contribution in [0.15, 0.2) is 89.8 Å². The Labute approximate surface area is 167 Å². The van der Waals surface area contributed by atoms with Crippen LogP contribution in [0.4, 0.5) is 0 Å². The molecule has 5 rings (SSSR count). The van der Waals surface area contributed by atoms with Crippen LogP contribution in [-0.4, -0.2) is 0 Å². The molecule has 1 nitrogen and oxygen atoms in total. The molecule has 1 heterocycles. The molecular weight excluding hydrogens is 383 g/mol. The standard InChI is InChI=1S/C13H9.C10H9O.Zr/c1-3-7-12-10(5-1)9-11-6-2-4-8-13(11)12;1-8-2-3-9(6-8)10-4-5-11-7-10;/h1-9H;2-5,7-8H,1H3;/q2*-1;+2. The van der Waals surface area contributed by atoms with Crippen molar-refractivity contribution in [1.82, 2.24) is 0 Å². The Hall–Kier alpha value is -2.05. The summed E-state index contributed by atoms with van der Waals surface area (Å²) in [6.45, 7) is 2.11. The van der Waals surface area contributed by atoms with E-state index in [1.165, 1.54) is 21.5 Å². The predicted octanol–water partition coefficient (Wildman–Crippen LogP) is 6.38. The fourth-order valence-electron chi connectivity index (χ4n) is 3.08. The van der Waals surface area contributed by atoms with E-state index >= 15 is 0 Å². The summed E-state index contributed by atoms with van der Waals surface area (Å²) in [5, 5.41) is 5.39. The predicted molar refractivity (Wildman–Crippen MR) is 101 cm³/mol. The number of hydrogen-bond donors (Lipinski definition) is 0. The van der Waals surface area contributed by atoms with Crippen molar-refractivity contribution < 1.29 is 30.6 Å². The van der Waals surface area contributed by atoms with Gasteiger partial charge in [0.1, 0.15) is 0 Å². The minimum absolute atomic E-state index is 0.